The van der Waals surface area contributed by atoms with E-state index >= 15 is 0 Å². The van der Waals surface area contributed by atoms with Crippen molar-refractivity contribution in [2.75, 3.05) is 19.7 Å². The molecule has 2 amide bonds. The summed E-state index contributed by atoms with van der Waals surface area (Å²) in [6.07, 6.45) is 2.79. The van der Waals surface area contributed by atoms with Crippen LogP contribution in [0.5, 0.6) is 5.75 Å². The zero-order valence-corrected chi connectivity index (χ0v) is 22.7. The van der Waals surface area contributed by atoms with Crippen molar-refractivity contribution in [3.05, 3.63) is 47.5 Å². The number of amides is 2. The van der Waals surface area contributed by atoms with Gasteiger partial charge in [0.2, 0.25) is 0 Å². The average molecular weight is 539 g/mol. The van der Waals surface area contributed by atoms with E-state index in [1.165, 1.54) is 17.0 Å². The Labute approximate surface area is 226 Å². The van der Waals surface area contributed by atoms with E-state index < -0.39 is 23.8 Å². The molecule has 3 N–H and O–H groups in total. The van der Waals surface area contributed by atoms with E-state index in [1.54, 1.807) is 46.0 Å². The fourth-order valence-electron chi connectivity index (χ4n) is 4.87. The van der Waals surface area contributed by atoms with E-state index in [4.69, 9.17) is 9.47 Å². The van der Waals surface area contributed by atoms with Gasteiger partial charge in [-0.3, -0.25) is 9.78 Å². The van der Waals surface area contributed by atoms with Gasteiger partial charge in [-0.1, -0.05) is 0 Å². The number of ether oxygens (including phenoxy) is 2. The molecule has 39 heavy (non-hydrogen) atoms. The van der Waals surface area contributed by atoms with E-state index in [-0.39, 0.29) is 18.3 Å². The minimum absolute atomic E-state index is 0.0539. The number of carbonyl (C=O) groups is 2. The number of hydrogen-bond donors (Lipinski definition) is 3. The summed E-state index contributed by atoms with van der Waals surface area (Å²) in [7, 11) is 0. The van der Waals surface area contributed by atoms with Crippen LogP contribution in [0, 0.1) is 18.7 Å². The third-order valence-electron chi connectivity index (χ3n) is 7.06. The standard InChI is InChI=1S/C29H35FN4O5/c1-16-24(27(36)33-21-10-12-34(14-22(21)35)28(37)39-29(2,3)4)26-25(32-16)19(9-11-31-26)20-13-18(30)7-8-23(20)38-15-17-5-6-17/h7-9,11,13,17,21-22,32,35H,5-6,10,12,14-15H2,1-4H3,(H,33,36)/t21-,22-/m1/s1. The maximum Gasteiger partial charge on any atom is 0.410 e. The number of halogens is 1. The van der Waals surface area contributed by atoms with Crippen molar-refractivity contribution >= 4 is 23.0 Å². The van der Waals surface area contributed by atoms with E-state index in [1.807, 2.05) is 0 Å². The van der Waals surface area contributed by atoms with Crippen LogP contribution in [0.2, 0.25) is 0 Å². The molecule has 0 bridgehead atoms. The molecule has 10 heteroatoms. The number of benzene rings is 1. The lowest BCUT2D eigenvalue weighted by Gasteiger charge is -2.36. The Morgan fingerprint density at radius 3 is 2.67 bits per heavy atom. The highest BCUT2D eigenvalue weighted by Crippen LogP contribution is 2.38. The fourth-order valence-corrected chi connectivity index (χ4v) is 4.87. The van der Waals surface area contributed by atoms with Crippen LogP contribution in [0.15, 0.2) is 30.5 Å². The molecule has 1 aliphatic carbocycles. The summed E-state index contributed by atoms with van der Waals surface area (Å²) in [6, 6.07) is 5.67. The molecule has 0 spiro atoms. The zero-order chi connectivity index (χ0) is 27.9. The van der Waals surface area contributed by atoms with Gasteiger partial charge in [0, 0.05) is 29.6 Å². The number of aliphatic hydroxyl groups excluding tert-OH is 1. The van der Waals surface area contributed by atoms with Gasteiger partial charge in [-0.2, -0.15) is 0 Å². The summed E-state index contributed by atoms with van der Waals surface area (Å²) in [5.74, 6) is 0.341. The zero-order valence-electron chi connectivity index (χ0n) is 22.7. The van der Waals surface area contributed by atoms with Gasteiger partial charge in [0.15, 0.2) is 0 Å². The number of carbonyl (C=O) groups excluding carboxylic acids is 2. The number of β-amino-alcohol motifs (C(OH)–C–C–N with tert-alkyl or cyclic N) is 1. The molecule has 2 aliphatic rings. The van der Waals surface area contributed by atoms with Gasteiger partial charge in [0.1, 0.15) is 22.7 Å². The lowest BCUT2D eigenvalue weighted by atomic mass is 10.0. The monoisotopic (exact) mass is 538 g/mol. The van der Waals surface area contributed by atoms with Gasteiger partial charge in [-0.05, 0) is 77.1 Å². The second-order valence-corrected chi connectivity index (χ2v) is 11.5. The average Bonchev–Trinajstić information content (AvgIpc) is 3.63. The van der Waals surface area contributed by atoms with Crippen molar-refractivity contribution in [2.45, 2.75) is 64.7 Å². The number of nitrogens with one attached hydrogen (secondary N) is 2. The molecule has 0 unspecified atom stereocenters. The maximum atomic E-state index is 14.3. The summed E-state index contributed by atoms with van der Waals surface area (Å²) in [6.45, 7) is 8.11. The van der Waals surface area contributed by atoms with Gasteiger partial charge < -0.3 is 29.8 Å². The fraction of sp³-hybridized carbons (Fsp3) is 0.483. The highest BCUT2D eigenvalue weighted by atomic mass is 19.1. The lowest BCUT2D eigenvalue weighted by molar-refractivity contribution is -0.00408. The highest BCUT2D eigenvalue weighted by Gasteiger charge is 2.34. The number of hydrogen-bond acceptors (Lipinski definition) is 6. The molecule has 9 nitrogen and oxygen atoms in total. The molecule has 1 aromatic carbocycles. The van der Waals surface area contributed by atoms with Gasteiger partial charge in [0.05, 0.1) is 36.4 Å². The molecular formula is C29H35FN4O5. The number of aliphatic hydroxyl groups is 1. The lowest BCUT2D eigenvalue weighted by Crippen LogP contribution is -2.56. The van der Waals surface area contributed by atoms with Crippen LogP contribution in [-0.4, -0.2) is 69.4 Å². The number of H-pyrrole nitrogens is 1. The van der Waals surface area contributed by atoms with Gasteiger partial charge in [-0.25, -0.2) is 9.18 Å². The van der Waals surface area contributed by atoms with Crippen LogP contribution in [0.1, 0.15) is 56.1 Å². The molecular weight excluding hydrogens is 503 g/mol. The van der Waals surface area contributed by atoms with Crippen molar-refractivity contribution in [2.24, 2.45) is 5.92 Å². The highest BCUT2D eigenvalue weighted by molar-refractivity contribution is 6.09. The van der Waals surface area contributed by atoms with Crippen LogP contribution >= 0.6 is 0 Å². The number of aryl methyl sites for hydroxylation is 1. The minimum atomic E-state index is -0.956. The molecule has 1 saturated heterocycles. The molecule has 0 radical (unpaired) electrons. The summed E-state index contributed by atoms with van der Waals surface area (Å²) in [5, 5.41) is 13.6. The largest absolute Gasteiger partial charge is 0.493 e. The number of pyridine rings is 1. The Morgan fingerprint density at radius 2 is 1.97 bits per heavy atom. The van der Waals surface area contributed by atoms with Crippen LogP contribution in [0.4, 0.5) is 9.18 Å². The van der Waals surface area contributed by atoms with E-state index in [0.717, 1.165) is 12.8 Å². The number of likely N-dealkylation sites (tertiary alicyclic amines) is 1. The topological polar surface area (TPSA) is 117 Å². The van der Waals surface area contributed by atoms with E-state index in [9.17, 15) is 19.1 Å². The van der Waals surface area contributed by atoms with Crippen molar-refractivity contribution in [1.29, 1.82) is 0 Å². The molecule has 1 aliphatic heterocycles. The van der Waals surface area contributed by atoms with Crippen molar-refractivity contribution in [1.82, 2.24) is 20.2 Å². The van der Waals surface area contributed by atoms with E-state index in [2.05, 4.69) is 15.3 Å². The molecule has 2 fully saturated rings. The molecule has 2 atom stereocenters. The van der Waals surface area contributed by atoms with E-state index in [0.29, 0.717) is 64.7 Å². The van der Waals surface area contributed by atoms with Crippen LogP contribution in [0.3, 0.4) is 0 Å². The first kappa shape index (κ1) is 26.9. The summed E-state index contributed by atoms with van der Waals surface area (Å²) >= 11 is 0. The first-order chi connectivity index (χ1) is 18.5. The third kappa shape index (κ3) is 6.00. The molecule has 1 saturated carbocycles. The normalized spacial score (nSPS) is 19.7. The first-order valence-corrected chi connectivity index (χ1v) is 13.4. The van der Waals surface area contributed by atoms with Crippen LogP contribution in [0.25, 0.3) is 22.2 Å². The van der Waals surface area contributed by atoms with Gasteiger partial charge >= 0.3 is 6.09 Å². The Kier molecular flexibility index (Phi) is 7.24. The number of piperidine rings is 1. The molecule has 3 aromatic rings. The first-order valence-electron chi connectivity index (χ1n) is 13.4. The minimum Gasteiger partial charge on any atom is -0.493 e. The Hall–Kier alpha value is -3.66. The number of nitrogens with zero attached hydrogens (tertiary/aromatic N) is 2. The second kappa shape index (κ2) is 10.5. The molecule has 2 aromatic heterocycles. The number of rotatable bonds is 6. The summed E-state index contributed by atoms with van der Waals surface area (Å²) in [4.78, 5) is 35.0. The van der Waals surface area contributed by atoms with Crippen molar-refractivity contribution < 1.29 is 28.6 Å². The summed E-state index contributed by atoms with van der Waals surface area (Å²) in [5.41, 5.74) is 2.62. The number of aromatic nitrogens is 2. The summed E-state index contributed by atoms with van der Waals surface area (Å²) < 4.78 is 25.7. The Morgan fingerprint density at radius 1 is 1.21 bits per heavy atom. The maximum absolute atomic E-state index is 14.3. The number of fused-ring (bicyclic) bond motifs is 1. The van der Waals surface area contributed by atoms with Crippen molar-refractivity contribution in [3.8, 4) is 16.9 Å². The van der Waals surface area contributed by atoms with Gasteiger partial charge in [0.25, 0.3) is 5.91 Å². The van der Waals surface area contributed by atoms with Crippen LogP contribution in [-0.2, 0) is 4.74 Å². The molecule has 5 rings (SSSR count). The predicted molar refractivity (Wildman–Crippen MR) is 144 cm³/mol. The number of aromatic amines is 1. The van der Waals surface area contributed by atoms with Crippen molar-refractivity contribution in [3.63, 3.8) is 0 Å². The SMILES string of the molecule is Cc1[nH]c2c(-c3cc(F)ccc3OCC3CC3)ccnc2c1C(=O)N[C@@H]1CCN(C(=O)OC(C)(C)C)C[C@H]1O. The second-order valence-electron chi connectivity index (χ2n) is 11.5. The Bertz CT molecular complexity index is 1390. The predicted octanol–water partition coefficient (Wildman–Crippen LogP) is 4.57. The van der Waals surface area contributed by atoms with Crippen LogP contribution < -0.4 is 10.1 Å². The third-order valence-corrected chi connectivity index (χ3v) is 7.06. The smallest absolute Gasteiger partial charge is 0.410 e. The quantitative estimate of drug-likeness (QED) is 0.424. The molecule has 3 heterocycles. The van der Waals surface area contributed by atoms with Gasteiger partial charge in [-0.15, -0.1) is 0 Å². The molecule has 208 valence electrons. The Balaban J connectivity index is 1.36.